The first-order valence-corrected chi connectivity index (χ1v) is 5.09. The summed E-state index contributed by atoms with van der Waals surface area (Å²) in [6.45, 7) is 1.76. The Morgan fingerprint density at radius 1 is 0.867 bits per heavy atom. The minimum absolute atomic E-state index is 0.864. The van der Waals surface area contributed by atoms with Crippen LogP contribution in [-0.2, 0) is 13.1 Å². The van der Waals surface area contributed by atoms with Gasteiger partial charge in [0, 0.05) is 25.5 Å². The summed E-state index contributed by atoms with van der Waals surface area (Å²) in [7, 11) is 0. The number of nitrogens with one attached hydrogen (secondary N) is 1. The fourth-order valence-corrected chi connectivity index (χ4v) is 1.45. The largest absolute Gasteiger partial charge is 0.309 e. The zero-order valence-electron chi connectivity index (χ0n) is 8.56. The average molecular weight is 198 g/mol. The highest BCUT2D eigenvalue weighted by molar-refractivity contribution is 5.14. The molecule has 0 aliphatic heterocycles. The van der Waals surface area contributed by atoms with Crippen LogP contribution < -0.4 is 5.32 Å². The van der Waals surface area contributed by atoms with E-state index >= 15 is 0 Å². The number of aromatic nitrogens is 1. The maximum atomic E-state index is 4.07. The van der Waals surface area contributed by atoms with Crippen LogP contribution in [0.15, 0.2) is 54.9 Å². The Bertz CT molecular complexity index is 344. The van der Waals surface area contributed by atoms with Crippen LogP contribution in [0.3, 0.4) is 0 Å². The number of pyridine rings is 1. The van der Waals surface area contributed by atoms with Gasteiger partial charge in [-0.15, -0.1) is 0 Å². The van der Waals surface area contributed by atoms with E-state index in [2.05, 4.69) is 40.6 Å². The van der Waals surface area contributed by atoms with Crippen molar-refractivity contribution in [3.05, 3.63) is 66.0 Å². The normalized spacial score (nSPS) is 10.1. The van der Waals surface area contributed by atoms with Gasteiger partial charge in [-0.1, -0.05) is 36.4 Å². The van der Waals surface area contributed by atoms with Gasteiger partial charge in [0.05, 0.1) is 0 Å². The molecule has 0 aliphatic carbocycles. The van der Waals surface area contributed by atoms with Crippen LogP contribution in [0.4, 0.5) is 0 Å². The summed E-state index contributed by atoms with van der Waals surface area (Å²) < 4.78 is 0. The predicted octanol–water partition coefficient (Wildman–Crippen LogP) is 2.37. The lowest BCUT2D eigenvalue weighted by atomic mass is 10.2. The van der Waals surface area contributed by atoms with Crippen molar-refractivity contribution in [2.45, 2.75) is 13.1 Å². The molecule has 0 unspecified atom stereocenters. The van der Waals surface area contributed by atoms with Crippen LogP contribution in [0.5, 0.6) is 0 Å². The molecule has 0 saturated heterocycles. The van der Waals surface area contributed by atoms with Gasteiger partial charge in [-0.05, 0) is 17.2 Å². The van der Waals surface area contributed by atoms with Crippen LogP contribution >= 0.6 is 0 Å². The molecule has 0 atom stereocenters. The Hall–Kier alpha value is -1.67. The highest BCUT2D eigenvalue weighted by Gasteiger charge is 1.92. The molecule has 0 amide bonds. The predicted molar refractivity (Wildman–Crippen MR) is 61.2 cm³/mol. The molecular weight excluding hydrogens is 184 g/mol. The van der Waals surface area contributed by atoms with Gasteiger partial charge in [-0.25, -0.2) is 0 Å². The number of hydrogen-bond acceptors (Lipinski definition) is 2. The molecule has 0 spiro atoms. The lowest BCUT2D eigenvalue weighted by Crippen LogP contribution is -2.12. The van der Waals surface area contributed by atoms with E-state index in [-0.39, 0.29) is 0 Å². The fraction of sp³-hybridized carbons (Fsp3) is 0.154. The van der Waals surface area contributed by atoms with Crippen LogP contribution in [0, 0.1) is 0 Å². The topological polar surface area (TPSA) is 24.9 Å². The molecule has 0 fully saturated rings. The van der Waals surface area contributed by atoms with Gasteiger partial charge >= 0.3 is 0 Å². The molecule has 0 aliphatic rings. The minimum Gasteiger partial charge on any atom is -0.309 e. The maximum absolute atomic E-state index is 4.07. The van der Waals surface area contributed by atoms with E-state index in [1.54, 1.807) is 6.20 Å². The average Bonchev–Trinajstić information content (AvgIpc) is 2.32. The summed E-state index contributed by atoms with van der Waals surface area (Å²) in [5.41, 5.74) is 2.52. The van der Waals surface area contributed by atoms with Gasteiger partial charge in [0.1, 0.15) is 0 Å². The van der Waals surface area contributed by atoms with Gasteiger partial charge in [0.2, 0.25) is 0 Å². The highest BCUT2D eigenvalue weighted by atomic mass is 14.8. The second kappa shape index (κ2) is 5.27. The van der Waals surface area contributed by atoms with E-state index in [4.69, 9.17) is 0 Å². The molecule has 1 heterocycles. The summed E-state index contributed by atoms with van der Waals surface area (Å²) in [5.74, 6) is 0. The first kappa shape index (κ1) is 9.87. The number of benzene rings is 1. The zero-order valence-corrected chi connectivity index (χ0v) is 8.56. The van der Waals surface area contributed by atoms with Gasteiger partial charge in [-0.3, -0.25) is 4.98 Å². The molecule has 2 heteroatoms. The molecule has 0 bridgehead atoms. The third-order valence-corrected chi connectivity index (χ3v) is 2.22. The molecule has 15 heavy (non-hydrogen) atoms. The molecule has 2 rings (SSSR count). The summed E-state index contributed by atoms with van der Waals surface area (Å²) >= 11 is 0. The number of hydrogen-bond donors (Lipinski definition) is 1. The van der Waals surface area contributed by atoms with E-state index < -0.39 is 0 Å². The molecule has 2 nitrogen and oxygen atoms in total. The summed E-state index contributed by atoms with van der Waals surface area (Å²) in [6, 6.07) is 14.4. The molecular formula is C13H14N2. The Labute approximate surface area is 90.0 Å². The van der Waals surface area contributed by atoms with Crippen LogP contribution in [0.25, 0.3) is 0 Å². The molecule has 0 saturated carbocycles. The lowest BCUT2D eigenvalue weighted by molar-refractivity contribution is 0.691. The molecule has 1 aromatic carbocycles. The summed E-state index contributed by atoms with van der Waals surface area (Å²) in [6.07, 6.45) is 3.68. The molecule has 1 N–H and O–H groups in total. The second-order valence-electron chi connectivity index (χ2n) is 3.45. The lowest BCUT2D eigenvalue weighted by Gasteiger charge is -2.04. The van der Waals surface area contributed by atoms with E-state index in [1.807, 2.05) is 18.3 Å². The molecule has 76 valence electrons. The van der Waals surface area contributed by atoms with Crippen LogP contribution in [0.1, 0.15) is 11.1 Å². The first-order chi connectivity index (χ1) is 7.45. The Balaban J connectivity index is 1.81. The highest BCUT2D eigenvalue weighted by Crippen LogP contribution is 1.99. The SMILES string of the molecule is c1ccc(CNCc2cccnc2)cc1. The quantitative estimate of drug-likeness (QED) is 0.815. The third kappa shape index (κ3) is 3.18. The summed E-state index contributed by atoms with van der Waals surface area (Å²) in [4.78, 5) is 4.07. The van der Waals surface area contributed by atoms with E-state index in [0.29, 0.717) is 0 Å². The van der Waals surface area contributed by atoms with Crippen molar-refractivity contribution < 1.29 is 0 Å². The smallest absolute Gasteiger partial charge is 0.0312 e. The van der Waals surface area contributed by atoms with Gasteiger partial charge in [0.25, 0.3) is 0 Å². The van der Waals surface area contributed by atoms with Crippen molar-refractivity contribution in [3.63, 3.8) is 0 Å². The van der Waals surface area contributed by atoms with Gasteiger partial charge in [0.15, 0.2) is 0 Å². The monoisotopic (exact) mass is 198 g/mol. The number of rotatable bonds is 4. The minimum atomic E-state index is 0.864. The van der Waals surface area contributed by atoms with Crippen molar-refractivity contribution in [1.82, 2.24) is 10.3 Å². The van der Waals surface area contributed by atoms with Gasteiger partial charge < -0.3 is 5.32 Å². The van der Waals surface area contributed by atoms with E-state index in [0.717, 1.165) is 13.1 Å². The molecule has 0 radical (unpaired) electrons. The zero-order chi connectivity index (χ0) is 10.3. The first-order valence-electron chi connectivity index (χ1n) is 5.09. The second-order valence-corrected chi connectivity index (χ2v) is 3.45. The Morgan fingerprint density at radius 3 is 2.33 bits per heavy atom. The van der Waals surface area contributed by atoms with Crippen molar-refractivity contribution in [2.24, 2.45) is 0 Å². The number of nitrogens with zero attached hydrogens (tertiary/aromatic N) is 1. The van der Waals surface area contributed by atoms with E-state index in [9.17, 15) is 0 Å². The van der Waals surface area contributed by atoms with E-state index in [1.165, 1.54) is 11.1 Å². The van der Waals surface area contributed by atoms with Gasteiger partial charge in [-0.2, -0.15) is 0 Å². The van der Waals surface area contributed by atoms with Crippen LogP contribution in [0.2, 0.25) is 0 Å². The summed E-state index contributed by atoms with van der Waals surface area (Å²) in [5, 5.41) is 3.38. The maximum Gasteiger partial charge on any atom is 0.0312 e. The standard InChI is InChI=1S/C13H14N2/c1-2-5-12(6-3-1)9-15-11-13-7-4-8-14-10-13/h1-8,10,15H,9,11H2. The third-order valence-electron chi connectivity index (χ3n) is 2.22. The molecule has 1 aromatic heterocycles. The van der Waals surface area contributed by atoms with Crippen molar-refractivity contribution in [3.8, 4) is 0 Å². The van der Waals surface area contributed by atoms with Crippen molar-refractivity contribution in [2.75, 3.05) is 0 Å². The Kier molecular flexibility index (Phi) is 3.47. The Morgan fingerprint density at radius 2 is 1.60 bits per heavy atom. The van der Waals surface area contributed by atoms with Crippen molar-refractivity contribution >= 4 is 0 Å². The fourth-order valence-electron chi connectivity index (χ4n) is 1.45. The molecule has 2 aromatic rings. The van der Waals surface area contributed by atoms with Crippen LogP contribution in [-0.4, -0.2) is 4.98 Å². The van der Waals surface area contributed by atoms with Crippen molar-refractivity contribution in [1.29, 1.82) is 0 Å².